The molecule has 1 unspecified atom stereocenters. The lowest BCUT2D eigenvalue weighted by molar-refractivity contribution is -0.136. The maximum Gasteiger partial charge on any atom is 0.303 e. The van der Waals surface area contributed by atoms with Crippen LogP contribution in [0.15, 0.2) is 108 Å². The summed E-state index contributed by atoms with van der Waals surface area (Å²) in [5, 5.41) is 9.24. The van der Waals surface area contributed by atoms with Gasteiger partial charge in [0.15, 0.2) is 10.7 Å². The summed E-state index contributed by atoms with van der Waals surface area (Å²) in [6.45, 7) is 9.26. The summed E-state index contributed by atoms with van der Waals surface area (Å²) < 4.78 is 66.0. The molecule has 0 spiro atoms. The number of hydrogen-bond acceptors (Lipinski definition) is 7. The number of carboxylic acid groups (broad SMARTS) is 1. The van der Waals surface area contributed by atoms with E-state index in [9.17, 15) is 27.5 Å². The van der Waals surface area contributed by atoms with Crippen molar-refractivity contribution in [1.82, 2.24) is 3.97 Å². The van der Waals surface area contributed by atoms with Gasteiger partial charge in [-0.3, -0.25) is 18.7 Å². The molecule has 1 atom stereocenters. The lowest BCUT2D eigenvalue weighted by Gasteiger charge is -2.36. The van der Waals surface area contributed by atoms with Crippen molar-refractivity contribution in [3.63, 3.8) is 0 Å². The Labute approximate surface area is 279 Å². The summed E-state index contributed by atoms with van der Waals surface area (Å²) in [6.07, 6.45) is 3.97. The molecule has 1 heterocycles. The Kier molecular flexibility index (Phi) is 13.5. The maximum absolute atomic E-state index is 13.9. The van der Waals surface area contributed by atoms with Gasteiger partial charge in [-0.2, -0.15) is 0 Å². The zero-order chi connectivity index (χ0) is 35.6. The van der Waals surface area contributed by atoms with E-state index in [0.29, 0.717) is 35.1 Å². The minimum absolute atomic E-state index is 0.0970. The van der Waals surface area contributed by atoms with Gasteiger partial charge in [0.05, 0.1) is 25.3 Å². The van der Waals surface area contributed by atoms with E-state index in [1.807, 2.05) is 37.3 Å². The van der Waals surface area contributed by atoms with Crippen LogP contribution in [0.4, 0.5) is 8.78 Å². The van der Waals surface area contributed by atoms with E-state index in [4.69, 9.17) is 25.1 Å². The van der Waals surface area contributed by atoms with E-state index in [1.165, 1.54) is 12.1 Å². The molecule has 0 saturated carbocycles. The Morgan fingerprint density at radius 3 is 2.33 bits per heavy atom. The number of amides is 1. The first-order chi connectivity index (χ1) is 22.8. The molecule has 3 aromatic rings. The first kappa shape index (κ1) is 37.9. The first-order valence-electron chi connectivity index (χ1n) is 14.8. The van der Waals surface area contributed by atoms with E-state index in [-0.39, 0.29) is 23.7 Å². The van der Waals surface area contributed by atoms with Gasteiger partial charge < -0.3 is 25.1 Å². The molecular weight excluding hydrogens is 646 g/mol. The molecular formula is C35H40F2N2O8S. The lowest BCUT2D eigenvalue weighted by Crippen LogP contribution is -2.21. The topological polar surface area (TPSA) is 153 Å². The molecule has 0 bridgehead atoms. The van der Waals surface area contributed by atoms with Gasteiger partial charge in [-0.05, 0) is 54.3 Å². The Bertz CT molecular complexity index is 1760. The number of hydrogen-bond donors (Lipinski definition) is 4. The quantitative estimate of drug-likeness (QED) is 0.127. The minimum Gasteiger partial charge on any atom is -0.496 e. The second-order valence-corrected chi connectivity index (χ2v) is 12.3. The van der Waals surface area contributed by atoms with Gasteiger partial charge in [-0.1, -0.05) is 66.4 Å². The Morgan fingerprint density at radius 1 is 1.12 bits per heavy atom. The van der Waals surface area contributed by atoms with Gasteiger partial charge in [0, 0.05) is 37.5 Å². The maximum atomic E-state index is 13.9. The van der Waals surface area contributed by atoms with Crippen molar-refractivity contribution in [3.8, 4) is 0 Å². The van der Waals surface area contributed by atoms with E-state index >= 15 is 0 Å². The molecule has 1 amide bonds. The highest BCUT2D eigenvalue weighted by Gasteiger charge is 2.32. The number of aromatic nitrogens is 1. The Balaban J connectivity index is 0.000000261. The van der Waals surface area contributed by atoms with E-state index < -0.39 is 39.2 Å². The van der Waals surface area contributed by atoms with Gasteiger partial charge in [0.1, 0.15) is 17.3 Å². The molecule has 2 aromatic carbocycles. The second-order valence-electron chi connectivity index (χ2n) is 10.5. The van der Waals surface area contributed by atoms with Crippen LogP contribution in [0.1, 0.15) is 41.4 Å². The molecule has 0 aliphatic heterocycles. The number of nitrogens with two attached hydrogens (primary N) is 1. The van der Waals surface area contributed by atoms with Crippen molar-refractivity contribution in [2.45, 2.75) is 32.3 Å². The van der Waals surface area contributed by atoms with Gasteiger partial charge >= 0.3 is 5.97 Å². The molecule has 10 nitrogen and oxygen atoms in total. The molecule has 4 rings (SSSR count). The lowest BCUT2D eigenvalue weighted by atomic mass is 9.89. The molecule has 5 N–H and O–H groups in total. The number of fused-ring (bicyclic) bond motifs is 1. The average Bonchev–Trinajstić information content (AvgIpc) is 3.47. The summed E-state index contributed by atoms with van der Waals surface area (Å²) in [5.74, 6) is -3.68. The largest absolute Gasteiger partial charge is 0.496 e. The number of nitrogens with zero attached hydrogens (tertiary/aromatic N) is 1. The van der Waals surface area contributed by atoms with Gasteiger partial charge in [-0.25, -0.2) is 12.8 Å². The number of methoxy groups -OCH3 is 2. The number of carboxylic acids is 1. The first-order valence-corrected chi connectivity index (χ1v) is 16.3. The molecule has 0 fully saturated rings. The summed E-state index contributed by atoms with van der Waals surface area (Å²) in [5.41, 5.74) is 9.30. The number of allylic oxidation sites excluding steroid dienone is 4. The van der Waals surface area contributed by atoms with Crippen LogP contribution in [0.25, 0.3) is 16.5 Å². The number of carbonyl (C=O) groups excluding carboxylic acids is 1. The van der Waals surface area contributed by atoms with E-state index in [0.717, 1.165) is 34.5 Å². The fraction of sp³-hybridized carbons (Fsp3) is 0.257. The van der Waals surface area contributed by atoms with E-state index in [1.54, 1.807) is 32.4 Å². The molecule has 13 heteroatoms. The molecule has 48 heavy (non-hydrogen) atoms. The summed E-state index contributed by atoms with van der Waals surface area (Å²) in [6, 6.07) is 15.5. The number of para-hydroxylation sites is 1. The van der Waals surface area contributed by atoms with Crippen LogP contribution < -0.4 is 5.73 Å². The molecule has 1 aliphatic rings. The number of primary amides is 1. The van der Waals surface area contributed by atoms with Gasteiger partial charge in [0.25, 0.3) is 5.91 Å². The number of aryl methyl sites for hydroxylation is 1. The van der Waals surface area contributed by atoms with Crippen molar-refractivity contribution in [2.24, 2.45) is 5.73 Å². The third-order valence-electron chi connectivity index (χ3n) is 7.35. The molecule has 1 aliphatic carbocycles. The van der Waals surface area contributed by atoms with Crippen molar-refractivity contribution >= 4 is 39.1 Å². The number of aliphatic carboxylic acids is 1. The number of halogens is 2. The fourth-order valence-corrected chi connectivity index (χ4v) is 6.81. The SMILES string of the molecule is C=C/C(F)=C(\C(=C)F)S(O)(O)n1c(C(N)=O)cc2ccccc21.CCOCC1=CC(OC)=C(c2ccc(CCC(=O)O)cc2)C(OC)C1. The van der Waals surface area contributed by atoms with Crippen LogP contribution in [0, 0.1) is 0 Å². The van der Waals surface area contributed by atoms with Gasteiger partial charge in [0.2, 0.25) is 0 Å². The Hall–Kier alpha value is -4.53. The zero-order valence-electron chi connectivity index (χ0n) is 26.9. The smallest absolute Gasteiger partial charge is 0.303 e. The zero-order valence-corrected chi connectivity index (χ0v) is 27.8. The highest BCUT2D eigenvalue weighted by molar-refractivity contribution is 8.26. The van der Waals surface area contributed by atoms with Crippen LogP contribution >= 0.6 is 10.8 Å². The van der Waals surface area contributed by atoms with Crippen LogP contribution in [0.5, 0.6) is 0 Å². The minimum atomic E-state index is -4.30. The number of ether oxygens (including phenoxy) is 3. The van der Waals surface area contributed by atoms with Crippen molar-refractivity contribution in [3.05, 3.63) is 125 Å². The number of rotatable bonds is 14. The third-order valence-corrected chi connectivity index (χ3v) is 9.22. The standard InChI is InChI=1S/C20H26O5.C15H14F2N2O3S/c1-4-25-13-15-11-17(23-2)20(18(12-15)24-3)16-8-5-14(6-9-16)7-10-19(21)22;1-3-11(17)14(9(2)16)23(21,22)19-12-7-5-4-6-10(12)8-13(19)15(18)20/h5-6,8-9,11,18H,4,7,10,12-13H2,1-3H3,(H,21,22);3-8,21-22H,1-2H2,(H2,18,20)/b;14-11-. The molecule has 258 valence electrons. The summed E-state index contributed by atoms with van der Waals surface area (Å²) in [7, 11) is -0.943. The van der Waals surface area contributed by atoms with E-state index in [2.05, 4.69) is 13.2 Å². The number of benzene rings is 2. The van der Waals surface area contributed by atoms with Crippen LogP contribution in [-0.2, 0) is 25.4 Å². The Morgan fingerprint density at radius 2 is 1.79 bits per heavy atom. The van der Waals surface area contributed by atoms with Crippen LogP contribution in [-0.4, -0.2) is 63.6 Å². The summed E-state index contributed by atoms with van der Waals surface area (Å²) in [4.78, 5) is 21.2. The number of carbonyl (C=O) groups is 2. The monoisotopic (exact) mass is 686 g/mol. The average molecular weight is 687 g/mol. The van der Waals surface area contributed by atoms with Crippen LogP contribution in [0.2, 0.25) is 0 Å². The predicted octanol–water partition coefficient (Wildman–Crippen LogP) is 7.55. The highest BCUT2D eigenvalue weighted by atomic mass is 32.3. The molecule has 1 aromatic heterocycles. The second kappa shape index (κ2) is 17.0. The fourth-order valence-electron chi connectivity index (χ4n) is 5.12. The molecule has 0 radical (unpaired) electrons. The van der Waals surface area contributed by atoms with Crippen molar-refractivity contribution < 1.29 is 46.8 Å². The van der Waals surface area contributed by atoms with Gasteiger partial charge in [-0.15, -0.1) is 0 Å². The summed E-state index contributed by atoms with van der Waals surface area (Å²) >= 11 is 0. The molecule has 0 saturated heterocycles. The van der Waals surface area contributed by atoms with Crippen molar-refractivity contribution in [1.29, 1.82) is 0 Å². The predicted molar refractivity (Wildman–Crippen MR) is 184 cm³/mol. The highest BCUT2D eigenvalue weighted by Crippen LogP contribution is 2.56. The third kappa shape index (κ3) is 8.88. The van der Waals surface area contributed by atoms with Crippen LogP contribution in [0.3, 0.4) is 0 Å². The normalized spacial score (nSPS) is 15.6. The van der Waals surface area contributed by atoms with Crippen molar-refractivity contribution in [2.75, 3.05) is 27.4 Å².